The first-order valence-corrected chi connectivity index (χ1v) is 8.55. The van der Waals surface area contributed by atoms with Crippen LogP contribution in [0.4, 0.5) is 5.13 Å². The number of anilines is 1. The van der Waals surface area contributed by atoms with Crippen LogP contribution >= 0.6 is 11.3 Å². The van der Waals surface area contributed by atoms with Crippen LogP contribution in [-0.2, 0) is 0 Å². The Kier molecular flexibility index (Phi) is 6.37. The molecule has 0 bridgehead atoms. The standard InChI is InChI=1S/C17H20N4O3S/c1-11(22)12-4-6-13(7-5-12)15(23)20-17-19-14(10-25-17)16(24)18-8-9-21(2)3/h4-7,10H,8-9H2,1-3H3,(H,18,24)(H,19,20,23). The summed E-state index contributed by atoms with van der Waals surface area (Å²) in [7, 11) is 3.84. The number of aromatic nitrogens is 1. The summed E-state index contributed by atoms with van der Waals surface area (Å²) in [5, 5.41) is 7.36. The van der Waals surface area contributed by atoms with E-state index in [2.05, 4.69) is 15.6 Å². The molecule has 0 aliphatic rings. The first-order chi connectivity index (χ1) is 11.9. The van der Waals surface area contributed by atoms with Gasteiger partial charge in [0.15, 0.2) is 10.9 Å². The molecule has 0 saturated heterocycles. The third kappa shape index (κ3) is 5.47. The van der Waals surface area contributed by atoms with E-state index < -0.39 is 0 Å². The van der Waals surface area contributed by atoms with E-state index in [1.165, 1.54) is 18.3 Å². The molecule has 0 aliphatic carbocycles. The third-order valence-corrected chi connectivity index (χ3v) is 4.11. The van der Waals surface area contributed by atoms with Gasteiger partial charge in [0.05, 0.1) is 0 Å². The third-order valence-electron chi connectivity index (χ3n) is 3.36. The molecule has 2 N–H and O–H groups in total. The van der Waals surface area contributed by atoms with E-state index in [1.807, 2.05) is 19.0 Å². The molecular formula is C17H20N4O3S. The lowest BCUT2D eigenvalue weighted by Crippen LogP contribution is -2.31. The quantitative estimate of drug-likeness (QED) is 0.736. The molecule has 0 atom stereocenters. The molecule has 2 aromatic rings. The van der Waals surface area contributed by atoms with Gasteiger partial charge in [0, 0.05) is 29.6 Å². The largest absolute Gasteiger partial charge is 0.349 e. The lowest BCUT2D eigenvalue weighted by atomic mass is 10.1. The average Bonchev–Trinajstić information content (AvgIpc) is 3.03. The van der Waals surface area contributed by atoms with Crippen molar-refractivity contribution in [3.05, 3.63) is 46.5 Å². The van der Waals surface area contributed by atoms with Gasteiger partial charge in [-0.2, -0.15) is 0 Å². The molecule has 1 heterocycles. The molecule has 0 aliphatic heterocycles. The molecule has 7 nitrogen and oxygen atoms in total. The lowest BCUT2D eigenvalue weighted by molar-refractivity contribution is 0.0944. The highest BCUT2D eigenvalue weighted by atomic mass is 32.1. The van der Waals surface area contributed by atoms with Crippen molar-refractivity contribution in [3.8, 4) is 0 Å². The summed E-state index contributed by atoms with van der Waals surface area (Å²) in [6, 6.07) is 6.36. The van der Waals surface area contributed by atoms with Crippen molar-refractivity contribution in [1.82, 2.24) is 15.2 Å². The first-order valence-electron chi connectivity index (χ1n) is 7.67. The number of rotatable bonds is 7. The van der Waals surface area contributed by atoms with Crippen LogP contribution in [0.2, 0.25) is 0 Å². The highest BCUT2D eigenvalue weighted by Gasteiger charge is 2.13. The fraction of sp³-hybridized carbons (Fsp3) is 0.294. The SMILES string of the molecule is CC(=O)c1ccc(C(=O)Nc2nc(C(=O)NCCN(C)C)cs2)cc1. The molecule has 0 radical (unpaired) electrons. The molecule has 8 heteroatoms. The molecule has 1 aromatic heterocycles. The van der Waals surface area contributed by atoms with Gasteiger partial charge in [0.2, 0.25) is 0 Å². The Morgan fingerprint density at radius 1 is 1.08 bits per heavy atom. The fourth-order valence-corrected chi connectivity index (χ4v) is 2.63. The van der Waals surface area contributed by atoms with Crippen LogP contribution in [-0.4, -0.2) is 54.7 Å². The number of hydrogen-bond acceptors (Lipinski definition) is 6. The van der Waals surface area contributed by atoms with Gasteiger partial charge in [-0.1, -0.05) is 12.1 Å². The van der Waals surface area contributed by atoms with Gasteiger partial charge in [-0.25, -0.2) is 4.98 Å². The van der Waals surface area contributed by atoms with Gasteiger partial charge in [-0.15, -0.1) is 11.3 Å². The zero-order valence-corrected chi connectivity index (χ0v) is 15.1. The number of benzene rings is 1. The number of ketones is 1. The predicted molar refractivity (Wildman–Crippen MR) is 97.4 cm³/mol. The molecule has 2 rings (SSSR count). The second-order valence-corrected chi connectivity index (χ2v) is 6.54. The van der Waals surface area contributed by atoms with Crippen LogP contribution in [0.5, 0.6) is 0 Å². The summed E-state index contributed by atoms with van der Waals surface area (Å²) in [6.45, 7) is 2.72. The van der Waals surface area contributed by atoms with E-state index in [9.17, 15) is 14.4 Å². The van der Waals surface area contributed by atoms with Crippen LogP contribution < -0.4 is 10.6 Å². The summed E-state index contributed by atoms with van der Waals surface area (Å²) < 4.78 is 0. The minimum Gasteiger partial charge on any atom is -0.349 e. The molecular weight excluding hydrogens is 340 g/mol. The normalized spacial score (nSPS) is 10.6. The fourth-order valence-electron chi connectivity index (χ4n) is 1.94. The number of hydrogen-bond donors (Lipinski definition) is 2. The predicted octanol–water partition coefficient (Wildman–Crippen LogP) is 1.89. The van der Waals surface area contributed by atoms with Gasteiger partial charge >= 0.3 is 0 Å². The van der Waals surface area contributed by atoms with Crippen LogP contribution in [0.15, 0.2) is 29.6 Å². The topological polar surface area (TPSA) is 91.4 Å². The number of amides is 2. The lowest BCUT2D eigenvalue weighted by Gasteiger charge is -2.09. The van der Waals surface area contributed by atoms with Crippen molar-refractivity contribution in [2.75, 3.05) is 32.5 Å². The molecule has 0 saturated carbocycles. The summed E-state index contributed by atoms with van der Waals surface area (Å²) in [5.41, 5.74) is 1.23. The molecule has 0 spiro atoms. The van der Waals surface area contributed by atoms with E-state index in [0.717, 1.165) is 6.54 Å². The number of carbonyl (C=O) groups excluding carboxylic acids is 3. The maximum atomic E-state index is 12.2. The van der Waals surface area contributed by atoms with E-state index >= 15 is 0 Å². The minimum atomic E-state index is -0.344. The van der Waals surface area contributed by atoms with Crippen LogP contribution in [0.1, 0.15) is 38.1 Å². The van der Waals surface area contributed by atoms with Crippen molar-refractivity contribution in [2.45, 2.75) is 6.92 Å². The van der Waals surface area contributed by atoms with Crippen molar-refractivity contribution < 1.29 is 14.4 Å². The average molecular weight is 360 g/mol. The summed E-state index contributed by atoms with van der Waals surface area (Å²) in [6.07, 6.45) is 0. The number of likely N-dealkylation sites (N-methyl/N-ethyl adjacent to an activating group) is 1. The second kappa shape index (κ2) is 8.50. The van der Waals surface area contributed by atoms with Gasteiger partial charge in [-0.05, 0) is 33.2 Å². The molecule has 1 aromatic carbocycles. The maximum Gasteiger partial charge on any atom is 0.270 e. The Bertz CT molecular complexity index is 768. The van der Waals surface area contributed by atoms with Crippen LogP contribution in [0.3, 0.4) is 0 Å². The van der Waals surface area contributed by atoms with Gasteiger partial charge in [0.1, 0.15) is 5.69 Å². The monoisotopic (exact) mass is 360 g/mol. The zero-order chi connectivity index (χ0) is 18.4. The van der Waals surface area contributed by atoms with E-state index in [4.69, 9.17) is 0 Å². The Morgan fingerprint density at radius 3 is 2.32 bits per heavy atom. The first kappa shape index (κ1) is 18.8. The zero-order valence-electron chi connectivity index (χ0n) is 14.3. The van der Waals surface area contributed by atoms with Gasteiger partial charge in [-0.3, -0.25) is 19.7 Å². The van der Waals surface area contributed by atoms with Crippen molar-refractivity contribution in [1.29, 1.82) is 0 Å². The Morgan fingerprint density at radius 2 is 1.72 bits per heavy atom. The Labute approximate surface area is 150 Å². The Hall–Kier alpha value is -2.58. The molecule has 2 amide bonds. The number of Topliss-reactive ketones (excluding diaryl/α,β-unsaturated/α-hetero) is 1. The van der Waals surface area contributed by atoms with E-state index in [-0.39, 0.29) is 23.3 Å². The van der Waals surface area contributed by atoms with E-state index in [1.54, 1.807) is 29.6 Å². The van der Waals surface area contributed by atoms with Crippen molar-refractivity contribution in [2.24, 2.45) is 0 Å². The van der Waals surface area contributed by atoms with Gasteiger partial charge in [0.25, 0.3) is 11.8 Å². The number of nitrogens with one attached hydrogen (secondary N) is 2. The van der Waals surface area contributed by atoms with Crippen molar-refractivity contribution in [3.63, 3.8) is 0 Å². The molecule has 132 valence electrons. The molecule has 0 unspecified atom stereocenters. The Balaban J connectivity index is 1.94. The number of carbonyl (C=O) groups is 3. The summed E-state index contributed by atoms with van der Waals surface area (Å²) >= 11 is 1.18. The summed E-state index contributed by atoms with van der Waals surface area (Å²) in [4.78, 5) is 41.5. The highest BCUT2D eigenvalue weighted by molar-refractivity contribution is 7.14. The van der Waals surface area contributed by atoms with Crippen LogP contribution in [0, 0.1) is 0 Å². The highest BCUT2D eigenvalue weighted by Crippen LogP contribution is 2.17. The smallest absolute Gasteiger partial charge is 0.270 e. The van der Waals surface area contributed by atoms with Crippen LogP contribution in [0.25, 0.3) is 0 Å². The molecule has 25 heavy (non-hydrogen) atoms. The van der Waals surface area contributed by atoms with E-state index in [0.29, 0.717) is 22.8 Å². The van der Waals surface area contributed by atoms with Gasteiger partial charge < -0.3 is 10.2 Å². The maximum absolute atomic E-state index is 12.2. The van der Waals surface area contributed by atoms with Crippen molar-refractivity contribution >= 4 is 34.1 Å². The molecule has 0 fully saturated rings. The second-order valence-electron chi connectivity index (χ2n) is 5.68. The number of thiazole rings is 1. The minimum absolute atomic E-state index is 0.0585. The summed E-state index contributed by atoms with van der Waals surface area (Å²) in [5.74, 6) is -0.676. The number of nitrogens with zero attached hydrogens (tertiary/aromatic N) is 2.